The molecule has 0 aliphatic heterocycles. The Hall–Kier alpha value is -3.68. The van der Waals surface area contributed by atoms with E-state index in [4.69, 9.17) is 28.8 Å². The van der Waals surface area contributed by atoms with Crippen molar-refractivity contribution < 1.29 is 57.3 Å². The number of fused-ring (bicyclic) bond motifs is 5. The van der Waals surface area contributed by atoms with Gasteiger partial charge in [0.05, 0.1) is 36.2 Å². The van der Waals surface area contributed by atoms with Crippen molar-refractivity contribution in [3.8, 4) is 17.2 Å². The normalized spacial score (nSPS) is 24.3. The van der Waals surface area contributed by atoms with Crippen LogP contribution >= 0.6 is 7.82 Å². The number of benzene rings is 2. The van der Waals surface area contributed by atoms with Gasteiger partial charge in [-0.05, 0) is 146 Å². The zero-order valence-electron chi connectivity index (χ0n) is 34.5. The van der Waals surface area contributed by atoms with Crippen molar-refractivity contribution in [3.05, 3.63) is 47.0 Å². The van der Waals surface area contributed by atoms with Gasteiger partial charge in [-0.1, -0.05) is 13.0 Å². The minimum atomic E-state index is -3.94. The molecule has 0 heterocycles. The quantitative estimate of drug-likeness (QED) is 0.0680. The first-order chi connectivity index (χ1) is 26.5. The number of aliphatic hydroxyl groups excluding tert-OH is 2. The number of phosphoric acid groups is 1. The number of phenols is 1. The first kappa shape index (κ1) is 44.4. The van der Waals surface area contributed by atoms with Crippen molar-refractivity contribution in [1.82, 2.24) is 0 Å². The number of phosphoric ester groups is 1. The lowest BCUT2D eigenvalue weighted by Gasteiger charge is -2.50. The third kappa shape index (κ3) is 10.7. The first-order valence-corrected chi connectivity index (χ1v) is 21.4. The van der Waals surface area contributed by atoms with E-state index in [2.05, 4.69) is 18.3 Å². The minimum absolute atomic E-state index is 0.0387. The van der Waals surface area contributed by atoms with E-state index in [1.54, 1.807) is 0 Å². The highest BCUT2D eigenvalue weighted by Gasteiger charge is 2.56. The van der Waals surface area contributed by atoms with Crippen molar-refractivity contribution in [1.29, 1.82) is 0 Å². The smallest absolute Gasteiger partial charge is 0.505 e. The van der Waals surface area contributed by atoms with Crippen LogP contribution in [0.3, 0.4) is 0 Å². The van der Waals surface area contributed by atoms with Gasteiger partial charge in [-0.15, -0.1) is 0 Å². The molecular weight excluding hydrogens is 755 g/mol. The number of aliphatic hydroxyl groups is 2. The van der Waals surface area contributed by atoms with Crippen molar-refractivity contribution >= 4 is 31.3 Å². The van der Waals surface area contributed by atoms with E-state index in [9.17, 15) is 34.3 Å². The fraction of sp³-hybridized carbons (Fsp3) is 0.643. The summed E-state index contributed by atoms with van der Waals surface area (Å²) in [5.74, 6) is -0.826. The molecule has 2 saturated carbocycles. The number of carbonyl (C=O) groups is 3. The molecule has 7 unspecified atom stereocenters. The Morgan fingerprint density at radius 1 is 0.947 bits per heavy atom. The van der Waals surface area contributed by atoms with Crippen molar-refractivity contribution in [2.75, 3.05) is 12.4 Å². The van der Waals surface area contributed by atoms with Crippen molar-refractivity contribution in [3.63, 3.8) is 0 Å². The van der Waals surface area contributed by atoms with Crippen molar-refractivity contribution in [2.24, 2.45) is 23.0 Å². The highest BCUT2D eigenvalue weighted by Crippen LogP contribution is 2.62. The van der Waals surface area contributed by atoms with Crippen LogP contribution in [0, 0.1) is 17.3 Å². The average molecular weight is 817 g/mol. The van der Waals surface area contributed by atoms with Gasteiger partial charge in [-0.2, -0.15) is 0 Å². The molecule has 57 heavy (non-hydrogen) atoms. The fourth-order valence-electron chi connectivity index (χ4n) is 9.06. The number of aryl methyl sites for hydroxylation is 1. The van der Waals surface area contributed by atoms with Gasteiger partial charge in [-0.3, -0.25) is 23.4 Å². The van der Waals surface area contributed by atoms with Gasteiger partial charge in [0.2, 0.25) is 5.91 Å². The molecule has 3 aliphatic carbocycles. The number of amides is 2. The molecule has 15 heteroatoms. The molecule has 2 fully saturated rings. The molecule has 2 aromatic rings. The van der Waals surface area contributed by atoms with Crippen LogP contribution in [0.2, 0.25) is 0 Å². The van der Waals surface area contributed by atoms with E-state index < -0.39 is 54.8 Å². The Balaban J connectivity index is 1.12. The average Bonchev–Trinajstić information content (AvgIpc) is 3.43. The second-order valence-electron chi connectivity index (χ2n) is 18.0. The van der Waals surface area contributed by atoms with Crippen LogP contribution in [0.5, 0.6) is 17.2 Å². The summed E-state index contributed by atoms with van der Waals surface area (Å²) in [5, 5.41) is 34.0. The number of nitrogens with one attached hydrogen (secondary N) is 1. The van der Waals surface area contributed by atoms with Gasteiger partial charge in [0, 0.05) is 18.3 Å². The van der Waals surface area contributed by atoms with E-state index in [-0.39, 0.29) is 54.2 Å². The fourth-order valence-corrected chi connectivity index (χ4v) is 10.9. The molecule has 0 saturated heterocycles. The third-order valence-corrected chi connectivity index (χ3v) is 13.5. The molecule has 0 spiro atoms. The highest BCUT2D eigenvalue weighted by molar-refractivity contribution is 7.49. The first-order valence-electron chi connectivity index (χ1n) is 19.9. The number of primary amides is 1. The number of rotatable bonds is 15. The molecule has 0 radical (unpaired) electrons. The lowest BCUT2D eigenvalue weighted by Crippen LogP contribution is -2.45. The summed E-state index contributed by atoms with van der Waals surface area (Å²) in [5.41, 5.74) is 5.78. The molecule has 316 valence electrons. The highest BCUT2D eigenvalue weighted by atomic mass is 31.2. The van der Waals surface area contributed by atoms with Gasteiger partial charge in [0.15, 0.2) is 5.75 Å². The topological polar surface area (TPSA) is 213 Å². The predicted molar refractivity (Wildman–Crippen MR) is 213 cm³/mol. The standard InChI is InChI=1S/C42H61N2O12P/c1-40(2,3)55-57(51,56-41(4,5)6)54-25-10-12-26-24(23-25)9-11-28-27(26)21-22-42(7)29(28)13-18-34(42)53-36(48)20-16-32(46)31(45)15-19-35(47)44-30-14-17-33(52-8)37(38(30)49)39(43)50/h10,12,14,17,23,27-29,31-32,34,45-46,49H,9,11,13,15-16,18-22H2,1-8H3,(H2,43,50)(H,44,47). The van der Waals surface area contributed by atoms with Crippen LogP contribution in [0.15, 0.2) is 30.3 Å². The molecule has 0 bridgehead atoms. The summed E-state index contributed by atoms with van der Waals surface area (Å²) in [6.07, 6.45) is 2.14. The van der Waals surface area contributed by atoms with Crippen LogP contribution in [0.25, 0.3) is 0 Å². The monoisotopic (exact) mass is 816 g/mol. The van der Waals surface area contributed by atoms with Crippen LogP contribution in [-0.2, 0) is 34.4 Å². The Morgan fingerprint density at radius 3 is 2.21 bits per heavy atom. The number of anilines is 1. The Morgan fingerprint density at radius 2 is 1.60 bits per heavy atom. The summed E-state index contributed by atoms with van der Waals surface area (Å²) in [4.78, 5) is 37.4. The van der Waals surface area contributed by atoms with E-state index in [0.29, 0.717) is 23.5 Å². The number of methoxy groups -OCH3 is 1. The SMILES string of the molecule is COc1ccc(NC(=O)CCC(O)C(O)CCC(=O)OC2CCC3C4CCc5cc(OP(=O)(OC(C)(C)C)OC(C)(C)C)ccc5C4CCC23C)c(O)c1C(N)=O. The Bertz CT molecular complexity index is 1830. The molecule has 7 atom stereocenters. The van der Waals surface area contributed by atoms with E-state index in [1.807, 2.05) is 53.7 Å². The molecule has 5 rings (SSSR count). The van der Waals surface area contributed by atoms with E-state index in [1.165, 1.54) is 30.4 Å². The zero-order valence-corrected chi connectivity index (χ0v) is 35.4. The molecule has 2 amide bonds. The van der Waals surface area contributed by atoms with Crippen molar-refractivity contribution in [2.45, 2.75) is 148 Å². The maximum atomic E-state index is 13.8. The maximum Gasteiger partial charge on any atom is 0.531 e. The third-order valence-electron chi connectivity index (χ3n) is 11.5. The summed E-state index contributed by atoms with van der Waals surface area (Å²) in [6, 6.07) is 8.65. The summed E-state index contributed by atoms with van der Waals surface area (Å²) in [6.45, 7) is 13.1. The maximum absolute atomic E-state index is 13.8. The molecular formula is C42H61N2O12P. The van der Waals surface area contributed by atoms with Crippen LogP contribution in [0.4, 0.5) is 5.69 Å². The predicted octanol–water partition coefficient (Wildman–Crippen LogP) is 7.31. The Kier molecular flexibility index (Phi) is 13.5. The number of ether oxygens (including phenoxy) is 2. The van der Waals surface area contributed by atoms with Gasteiger partial charge >= 0.3 is 13.8 Å². The van der Waals surface area contributed by atoms with E-state index in [0.717, 1.165) is 38.5 Å². The number of nitrogens with two attached hydrogens (primary N) is 1. The summed E-state index contributed by atoms with van der Waals surface area (Å²) in [7, 11) is -2.63. The number of esters is 1. The lowest BCUT2D eigenvalue weighted by atomic mass is 9.55. The van der Waals surface area contributed by atoms with E-state index >= 15 is 0 Å². The molecule has 6 N–H and O–H groups in total. The number of hydrogen-bond acceptors (Lipinski definition) is 12. The largest absolute Gasteiger partial charge is 0.531 e. The molecule has 3 aliphatic rings. The van der Waals surface area contributed by atoms with Crippen LogP contribution in [0.1, 0.15) is 134 Å². The van der Waals surface area contributed by atoms with Crippen LogP contribution in [-0.4, -0.2) is 69.7 Å². The molecule has 2 aromatic carbocycles. The summed E-state index contributed by atoms with van der Waals surface area (Å²) < 4.78 is 42.6. The number of aromatic hydroxyl groups is 1. The number of hydrogen-bond donors (Lipinski definition) is 5. The van der Waals surface area contributed by atoms with Gasteiger partial charge in [0.25, 0.3) is 5.91 Å². The molecule has 0 aromatic heterocycles. The number of carbonyl (C=O) groups excluding carboxylic acids is 3. The minimum Gasteiger partial charge on any atom is -0.505 e. The molecule has 14 nitrogen and oxygen atoms in total. The Labute approximate surface area is 335 Å². The second kappa shape index (κ2) is 17.3. The lowest BCUT2D eigenvalue weighted by molar-refractivity contribution is -0.158. The summed E-state index contributed by atoms with van der Waals surface area (Å²) >= 11 is 0. The van der Waals surface area contributed by atoms with Crippen LogP contribution < -0.4 is 20.3 Å². The second-order valence-corrected chi connectivity index (χ2v) is 19.4. The van der Waals surface area contributed by atoms with Gasteiger partial charge < -0.3 is 40.4 Å². The zero-order chi connectivity index (χ0) is 42.1. The van der Waals surface area contributed by atoms with Gasteiger partial charge in [0.1, 0.15) is 23.2 Å². The van der Waals surface area contributed by atoms with Gasteiger partial charge in [-0.25, -0.2) is 4.57 Å².